The van der Waals surface area contributed by atoms with E-state index in [-0.39, 0.29) is 5.60 Å². The first-order valence-electron chi connectivity index (χ1n) is 5.99. The van der Waals surface area contributed by atoms with E-state index in [2.05, 4.69) is 60.2 Å². The van der Waals surface area contributed by atoms with Crippen LogP contribution in [0, 0.1) is 0 Å². The maximum atomic E-state index is 5.40. The molecule has 1 atom stereocenters. The fraction of sp³-hybridized carbons (Fsp3) is 0.571. The van der Waals surface area contributed by atoms with Gasteiger partial charge in [0.2, 0.25) is 0 Å². The van der Waals surface area contributed by atoms with Gasteiger partial charge in [-0.25, -0.2) is 0 Å². The predicted molar refractivity (Wildman–Crippen MR) is 76.3 cm³/mol. The van der Waals surface area contributed by atoms with Gasteiger partial charge in [0.1, 0.15) is 0 Å². The maximum absolute atomic E-state index is 5.40. The van der Waals surface area contributed by atoms with E-state index in [0.29, 0.717) is 6.04 Å². The number of ether oxygens (including phenoxy) is 1. The molecular formula is C14H22BrNO. The lowest BCUT2D eigenvalue weighted by atomic mass is 10.0. The molecule has 1 aromatic rings. The molecule has 1 aromatic carbocycles. The van der Waals surface area contributed by atoms with Crippen LogP contribution in [0.25, 0.3) is 0 Å². The minimum absolute atomic E-state index is 0.0549. The predicted octanol–water partition coefficient (Wildman–Crippen LogP) is 3.91. The van der Waals surface area contributed by atoms with Crippen LogP contribution in [0.2, 0.25) is 0 Å². The van der Waals surface area contributed by atoms with Crippen molar-refractivity contribution in [3.8, 4) is 0 Å². The van der Waals surface area contributed by atoms with Crippen LogP contribution in [0.15, 0.2) is 28.7 Å². The van der Waals surface area contributed by atoms with Gasteiger partial charge >= 0.3 is 0 Å². The Kier molecular flexibility index (Phi) is 5.63. The van der Waals surface area contributed by atoms with E-state index in [4.69, 9.17) is 4.74 Å². The van der Waals surface area contributed by atoms with Crippen LogP contribution >= 0.6 is 15.9 Å². The molecule has 3 heteroatoms. The molecule has 0 aromatic heterocycles. The number of nitrogens with one attached hydrogen (secondary N) is 1. The van der Waals surface area contributed by atoms with Crippen molar-refractivity contribution in [1.29, 1.82) is 0 Å². The summed E-state index contributed by atoms with van der Waals surface area (Å²) in [6.07, 6.45) is 0.998. The molecule has 96 valence electrons. The van der Waals surface area contributed by atoms with Crippen molar-refractivity contribution in [3.63, 3.8) is 0 Å². The smallest absolute Gasteiger partial charge is 0.0634 e. The fourth-order valence-corrected chi connectivity index (χ4v) is 2.26. The number of rotatable bonds is 6. The highest BCUT2D eigenvalue weighted by Crippen LogP contribution is 2.23. The summed E-state index contributed by atoms with van der Waals surface area (Å²) >= 11 is 3.58. The second-order valence-electron chi connectivity index (χ2n) is 4.91. The Morgan fingerprint density at radius 1 is 1.35 bits per heavy atom. The molecule has 0 radical (unpaired) electrons. The maximum Gasteiger partial charge on any atom is 0.0634 e. The Balaban J connectivity index is 2.46. The summed E-state index contributed by atoms with van der Waals surface area (Å²) in [5, 5.41) is 3.52. The molecule has 0 bridgehead atoms. The van der Waals surface area contributed by atoms with Crippen LogP contribution in [0.5, 0.6) is 0 Å². The van der Waals surface area contributed by atoms with E-state index < -0.39 is 0 Å². The van der Waals surface area contributed by atoms with E-state index >= 15 is 0 Å². The van der Waals surface area contributed by atoms with Gasteiger partial charge < -0.3 is 10.1 Å². The monoisotopic (exact) mass is 299 g/mol. The van der Waals surface area contributed by atoms with E-state index in [1.807, 2.05) is 6.07 Å². The fourth-order valence-electron chi connectivity index (χ4n) is 1.63. The second-order valence-corrected chi connectivity index (χ2v) is 5.77. The molecule has 17 heavy (non-hydrogen) atoms. The molecule has 0 amide bonds. The van der Waals surface area contributed by atoms with Gasteiger partial charge in [0, 0.05) is 17.6 Å². The molecule has 0 fully saturated rings. The van der Waals surface area contributed by atoms with Gasteiger partial charge in [-0.3, -0.25) is 0 Å². The van der Waals surface area contributed by atoms with Crippen LogP contribution in [-0.2, 0) is 4.74 Å². The number of halogens is 1. The summed E-state index contributed by atoms with van der Waals surface area (Å²) in [4.78, 5) is 0. The van der Waals surface area contributed by atoms with E-state index in [0.717, 1.165) is 17.4 Å². The molecule has 2 nitrogen and oxygen atoms in total. The van der Waals surface area contributed by atoms with Gasteiger partial charge in [0.25, 0.3) is 0 Å². The normalized spacial score (nSPS) is 13.7. The standard InChI is InChI=1S/C14H22BrNO/c1-11(12-7-5-6-8-13(12)15)16-10-9-14(2,3)17-4/h5-8,11,16H,9-10H2,1-4H3/t11-/m1/s1. The zero-order valence-electron chi connectivity index (χ0n) is 11.1. The van der Waals surface area contributed by atoms with Crippen LogP contribution in [0.4, 0.5) is 0 Å². The Hall–Kier alpha value is -0.380. The van der Waals surface area contributed by atoms with Crippen molar-refractivity contribution in [3.05, 3.63) is 34.3 Å². The number of hydrogen-bond donors (Lipinski definition) is 1. The first kappa shape index (κ1) is 14.7. The van der Waals surface area contributed by atoms with Crippen LogP contribution < -0.4 is 5.32 Å². The zero-order chi connectivity index (χ0) is 12.9. The highest BCUT2D eigenvalue weighted by Gasteiger charge is 2.16. The summed E-state index contributed by atoms with van der Waals surface area (Å²) < 4.78 is 6.56. The van der Waals surface area contributed by atoms with Crippen LogP contribution in [0.1, 0.15) is 38.8 Å². The first-order valence-corrected chi connectivity index (χ1v) is 6.78. The molecule has 0 aliphatic rings. The summed E-state index contributed by atoms with van der Waals surface area (Å²) in [7, 11) is 1.76. The van der Waals surface area contributed by atoms with E-state index in [1.54, 1.807) is 7.11 Å². The van der Waals surface area contributed by atoms with Gasteiger partial charge in [0.05, 0.1) is 5.60 Å². The SMILES string of the molecule is COC(C)(C)CCN[C@H](C)c1ccccc1Br. The highest BCUT2D eigenvalue weighted by molar-refractivity contribution is 9.10. The third-order valence-corrected chi connectivity index (χ3v) is 3.82. The van der Waals surface area contributed by atoms with Crippen molar-refractivity contribution in [2.24, 2.45) is 0 Å². The van der Waals surface area contributed by atoms with E-state index in [1.165, 1.54) is 5.56 Å². The van der Waals surface area contributed by atoms with Gasteiger partial charge in [-0.15, -0.1) is 0 Å². The Labute approximate surface area is 113 Å². The van der Waals surface area contributed by atoms with Crippen molar-refractivity contribution in [2.45, 2.75) is 38.8 Å². The average molecular weight is 300 g/mol. The van der Waals surface area contributed by atoms with Crippen LogP contribution in [-0.4, -0.2) is 19.3 Å². The van der Waals surface area contributed by atoms with Crippen molar-refractivity contribution in [2.75, 3.05) is 13.7 Å². The Morgan fingerprint density at radius 2 is 2.00 bits per heavy atom. The molecule has 0 saturated heterocycles. The van der Waals surface area contributed by atoms with Gasteiger partial charge in [-0.2, -0.15) is 0 Å². The molecule has 0 aliphatic carbocycles. The topological polar surface area (TPSA) is 21.3 Å². The lowest BCUT2D eigenvalue weighted by molar-refractivity contribution is 0.0154. The first-order chi connectivity index (χ1) is 7.96. The zero-order valence-corrected chi connectivity index (χ0v) is 12.7. The quantitative estimate of drug-likeness (QED) is 0.860. The van der Waals surface area contributed by atoms with Crippen molar-refractivity contribution < 1.29 is 4.74 Å². The molecule has 0 unspecified atom stereocenters. The summed E-state index contributed by atoms with van der Waals surface area (Å²) in [6, 6.07) is 8.67. The minimum atomic E-state index is -0.0549. The highest BCUT2D eigenvalue weighted by atomic mass is 79.9. The van der Waals surface area contributed by atoms with Gasteiger partial charge in [-0.05, 0) is 45.4 Å². The number of benzene rings is 1. The lowest BCUT2D eigenvalue weighted by Gasteiger charge is -2.24. The summed E-state index contributed by atoms with van der Waals surface area (Å²) in [5.41, 5.74) is 1.24. The number of hydrogen-bond acceptors (Lipinski definition) is 2. The largest absolute Gasteiger partial charge is 0.379 e. The summed E-state index contributed by atoms with van der Waals surface area (Å²) in [6.45, 7) is 7.35. The minimum Gasteiger partial charge on any atom is -0.379 e. The van der Waals surface area contributed by atoms with Crippen molar-refractivity contribution >= 4 is 15.9 Å². The van der Waals surface area contributed by atoms with Crippen LogP contribution in [0.3, 0.4) is 0 Å². The Morgan fingerprint density at radius 3 is 2.59 bits per heavy atom. The molecule has 1 rings (SSSR count). The van der Waals surface area contributed by atoms with Gasteiger partial charge in [0.15, 0.2) is 0 Å². The van der Waals surface area contributed by atoms with E-state index in [9.17, 15) is 0 Å². The molecule has 0 spiro atoms. The summed E-state index contributed by atoms with van der Waals surface area (Å²) in [5.74, 6) is 0. The molecule has 0 heterocycles. The lowest BCUT2D eigenvalue weighted by Crippen LogP contribution is -2.30. The molecule has 1 N–H and O–H groups in total. The third-order valence-electron chi connectivity index (χ3n) is 3.10. The number of methoxy groups -OCH3 is 1. The molecular weight excluding hydrogens is 278 g/mol. The Bertz CT molecular complexity index is 352. The van der Waals surface area contributed by atoms with Gasteiger partial charge in [-0.1, -0.05) is 34.1 Å². The van der Waals surface area contributed by atoms with Crippen molar-refractivity contribution in [1.82, 2.24) is 5.32 Å². The molecule has 0 aliphatic heterocycles. The third kappa shape index (κ3) is 4.78. The second kappa shape index (κ2) is 6.53. The molecule has 0 saturated carbocycles. The average Bonchev–Trinajstić information content (AvgIpc) is 2.29.